The first-order valence-electron chi connectivity index (χ1n) is 8.37. The number of nitrogens with zero attached hydrogens (tertiary/aromatic N) is 2. The number of thiophene rings is 1. The number of hydrogen-bond donors (Lipinski definition) is 2. The van der Waals surface area contributed by atoms with Gasteiger partial charge in [0.2, 0.25) is 5.88 Å². The van der Waals surface area contributed by atoms with Crippen molar-refractivity contribution in [3.63, 3.8) is 0 Å². The van der Waals surface area contributed by atoms with Crippen molar-refractivity contribution in [2.24, 2.45) is 4.99 Å². The summed E-state index contributed by atoms with van der Waals surface area (Å²) in [4.78, 5) is 9.96. The van der Waals surface area contributed by atoms with Gasteiger partial charge in [-0.25, -0.2) is 4.98 Å². The van der Waals surface area contributed by atoms with Crippen molar-refractivity contribution in [2.45, 2.75) is 32.7 Å². The minimum Gasteiger partial charge on any atom is -0.477 e. The maximum absolute atomic E-state index is 5.76. The van der Waals surface area contributed by atoms with E-state index in [2.05, 4.69) is 45.0 Å². The summed E-state index contributed by atoms with van der Waals surface area (Å²) in [5.74, 6) is 1.49. The van der Waals surface area contributed by atoms with Crippen molar-refractivity contribution in [3.05, 3.63) is 46.3 Å². The van der Waals surface area contributed by atoms with Crippen LogP contribution >= 0.6 is 35.3 Å². The Labute approximate surface area is 171 Å². The van der Waals surface area contributed by atoms with Crippen molar-refractivity contribution in [3.8, 4) is 5.88 Å². The Morgan fingerprint density at radius 3 is 2.88 bits per heavy atom. The van der Waals surface area contributed by atoms with Crippen molar-refractivity contribution >= 4 is 41.3 Å². The lowest BCUT2D eigenvalue weighted by atomic mass is 10.2. The third-order valence-corrected chi connectivity index (χ3v) is 4.44. The molecule has 0 aliphatic carbocycles. The molecule has 2 heterocycles. The van der Waals surface area contributed by atoms with Gasteiger partial charge in [-0.15, -0.1) is 35.3 Å². The second-order valence-electron chi connectivity index (χ2n) is 5.35. The molecule has 0 saturated carbocycles. The average molecular weight is 474 g/mol. The predicted molar refractivity (Wildman–Crippen MR) is 116 cm³/mol. The maximum Gasteiger partial charge on any atom is 0.218 e. The summed E-state index contributed by atoms with van der Waals surface area (Å²) in [7, 11) is 1.78. The summed E-state index contributed by atoms with van der Waals surface area (Å²) >= 11 is 1.78. The van der Waals surface area contributed by atoms with Gasteiger partial charge in [0.1, 0.15) is 0 Å². The number of halogens is 1. The van der Waals surface area contributed by atoms with Gasteiger partial charge in [-0.1, -0.05) is 25.5 Å². The van der Waals surface area contributed by atoms with Gasteiger partial charge in [-0.05, 0) is 30.4 Å². The Morgan fingerprint density at radius 2 is 2.16 bits per heavy atom. The molecule has 0 fully saturated rings. The number of aliphatic imine (C=N–C) groups is 1. The summed E-state index contributed by atoms with van der Waals surface area (Å²) in [5.41, 5.74) is 1.04. The standard InChI is InChI=1S/C18H26N4OS.HI/c1-3-4-12-23-17-15(7-5-10-20-17)14-22-18(19-2)21-11-9-16-8-6-13-24-16;/h5-8,10,13H,3-4,9,11-12,14H2,1-2H3,(H2,19,21,22);1H. The highest BCUT2D eigenvalue weighted by molar-refractivity contribution is 14.0. The van der Waals surface area contributed by atoms with Gasteiger partial charge in [0, 0.05) is 36.8 Å². The maximum atomic E-state index is 5.76. The lowest BCUT2D eigenvalue weighted by Crippen LogP contribution is -2.37. The van der Waals surface area contributed by atoms with E-state index in [0.717, 1.165) is 37.3 Å². The van der Waals surface area contributed by atoms with E-state index in [1.54, 1.807) is 24.6 Å². The fourth-order valence-electron chi connectivity index (χ4n) is 2.16. The molecule has 5 nitrogen and oxygen atoms in total. The fourth-order valence-corrected chi connectivity index (χ4v) is 2.87. The van der Waals surface area contributed by atoms with E-state index in [1.807, 2.05) is 12.1 Å². The van der Waals surface area contributed by atoms with Gasteiger partial charge in [-0.2, -0.15) is 0 Å². The number of aromatic nitrogens is 1. The van der Waals surface area contributed by atoms with Crippen molar-refractivity contribution in [1.82, 2.24) is 15.6 Å². The summed E-state index contributed by atoms with van der Waals surface area (Å²) in [6.45, 7) is 4.34. The Kier molecular flexibility index (Phi) is 11.2. The first-order chi connectivity index (χ1) is 11.8. The number of ether oxygens (including phenoxy) is 1. The zero-order chi connectivity index (χ0) is 17.0. The number of hydrogen-bond acceptors (Lipinski definition) is 4. The summed E-state index contributed by atoms with van der Waals surface area (Å²) in [6, 6.07) is 8.19. The van der Waals surface area contributed by atoms with Crippen LogP contribution in [0.15, 0.2) is 40.8 Å². The van der Waals surface area contributed by atoms with Crippen LogP contribution in [0, 0.1) is 0 Å². The van der Waals surface area contributed by atoms with Crippen LogP contribution in [0.5, 0.6) is 5.88 Å². The van der Waals surface area contributed by atoms with Crippen LogP contribution in [0.25, 0.3) is 0 Å². The second kappa shape index (κ2) is 12.9. The van der Waals surface area contributed by atoms with Gasteiger partial charge in [0.15, 0.2) is 5.96 Å². The van der Waals surface area contributed by atoms with E-state index >= 15 is 0 Å². The molecule has 0 bridgehead atoms. The van der Waals surface area contributed by atoms with Gasteiger partial charge in [0.25, 0.3) is 0 Å². The molecular formula is C18H27IN4OS. The zero-order valence-corrected chi connectivity index (χ0v) is 18.0. The second-order valence-corrected chi connectivity index (χ2v) is 6.38. The normalized spacial score (nSPS) is 10.9. The molecule has 0 aliphatic heterocycles. The van der Waals surface area contributed by atoms with E-state index in [0.29, 0.717) is 19.0 Å². The van der Waals surface area contributed by atoms with Crippen molar-refractivity contribution in [1.29, 1.82) is 0 Å². The largest absolute Gasteiger partial charge is 0.477 e. The minimum atomic E-state index is 0. The summed E-state index contributed by atoms with van der Waals surface area (Å²) in [6.07, 6.45) is 4.91. The number of pyridine rings is 1. The highest BCUT2D eigenvalue weighted by Crippen LogP contribution is 2.14. The highest BCUT2D eigenvalue weighted by atomic mass is 127. The van der Waals surface area contributed by atoms with E-state index in [-0.39, 0.29) is 24.0 Å². The topological polar surface area (TPSA) is 58.5 Å². The molecule has 25 heavy (non-hydrogen) atoms. The predicted octanol–water partition coefficient (Wildman–Crippen LogP) is 3.85. The van der Waals surface area contributed by atoms with E-state index in [9.17, 15) is 0 Å². The Bertz CT molecular complexity index is 619. The fraction of sp³-hybridized carbons (Fsp3) is 0.444. The number of unbranched alkanes of at least 4 members (excludes halogenated alkanes) is 1. The molecule has 2 N–H and O–H groups in total. The molecular weight excluding hydrogens is 447 g/mol. The molecule has 0 saturated heterocycles. The molecule has 0 aliphatic rings. The van der Waals surface area contributed by atoms with E-state index in [4.69, 9.17) is 4.74 Å². The van der Waals surface area contributed by atoms with Gasteiger partial charge in [0.05, 0.1) is 6.61 Å². The Morgan fingerprint density at radius 1 is 1.28 bits per heavy atom. The molecule has 2 aromatic rings. The third kappa shape index (κ3) is 8.04. The molecule has 7 heteroatoms. The molecule has 0 amide bonds. The first-order valence-corrected chi connectivity index (χ1v) is 9.25. The molecule has 2 aromatic heterocycles. The van der Waals surface area contributed by atoms with E-state index < -0.39 is 0 Å². The van der Waals surface area contributed by atoms with Gasteiger partial charge >= 0.3 is 0 Å². The minimum absolute atomic E-state index is 0. The Balaban J connectivity index is 0.00000312. The Hall–Kier alpha value is -1.35. The molecule has 0 unspecified atom stereocenters. The summed E-state index contributed by atoms with van der Waals surface area (Å²) in [5, 5.41) is 8.76. The SMILES string of the molecule is CCCCOc1ncccc1CNC(=NC)NCCc1cccs1.I. The van der Waals surface area contributed by atoms with Crippen molar-refractivity contribution < 1.29 is 4.74 Å². The molecule has 0 aromatic carbocycles. The molecule has 0 spiro atoms. The van der Waals surface area contributed by atoms with Crippen LogP contribution in [0.2, 0.25) is 0 Å². The van der Waals surface area contributed by atoms with Crippen LogP contribution in [-0.2, 0) is 13.0 Å². The molecule has 138 valence electrons. The summed E-state index contributed by atoms with van der Waals surface area (Å²) < 4.78 is 5.76. The van der Waals surface area contributed by atoms with Gasteiger partial charge in [-0.3, -0.25) is 4.99 Å². The van der Waals surface area contributed by atoms with Crippen LogP contribution in [0.4, 0.5) is 0 Å². The number of rotatable bonds is 9. The van der Waals surface area contributed by atoms with E-state index in [1.165, 1.54) is 4.88 Å². The van der Waals surface area contributed by atoms with Crippen molar-refractivity contribution in [2.75, 3.05) is 20.2 Å². The quantitative estimate of drug-likeness (QED) is 0.251. The lowest BCUT2D eigenvalue weighted by Gasteiger charge is -2.14. The van der Waals surface area contributed by atoms with Crippen LogP contribution in [0.3, 0.4) is 0 Å². The number of nitrogens with one attached hydrogen (secondary N) is 2. The third-order valence-electron chi connectivity index (χ3n) is 3.50. The monoisotopic (exact) mass is 474 g/mol. The average Bonchev–Trinajstić information content (AvgIpc) is 3.12. The van der Waals surface area contributed by atoms with Gasteiger partial charge < -0.3 is 15.4 Å². The van der Waals surface area contributed by atoms with Crippen LogP contribution < -0.4 is 15.4 Å². The molecule has 0 radical (unpaired) electrons. The first kappa shape index (κ1) is 21.7. The smallest absolute Gasteiger partial charge is 0.218 e. The van der Waals surface area contributed by atoms with Crippen LogP contribution in [-0.4, -0.2) is 31.1 Å². The molecule has 2 rings (SSSR count). The lowest BCUT2D eigenvalue weighted by molar-refractivity contribution is 0.294. The zero-order valence-electron chi connectivity index (χ0n) is 14.8. The highest BCUT2D eigenvalue weighted by Gasteiger charge is 2.06. The molecule has 0 atom stereocenters. The number of guanidine groups is 1. The van der Waals surface area contributed by atoms with Crippen LogP contribution in [0.1, 0.15) is 30.2 Å².